The molecule has 0 spiro atoms. The minimum absolute atomic E-state index is 0.0534. The van der Waals surface area contributed by atoms with Crippen molar-refractivity contribution < 1.29 is 12.7 Å². The molecule has 0 saturated heterocycles. The molecule has 2 fully saturated rings. The van der Waals surface area contributed by atoms with Crippen LogP contribution in [0.1, 0.15) is 58.3 Å². The summed E-state index contributed by atoms with van der Waals surface area (Å²) in [7, 11) is -3.46. The maximum atomic E-state index is 11.5. The van der Waals surface area contributed by atoms with Crippen LogP contribution in [0.4, 0.5) is 0 Å². The van der Waals surface area contributed by atoms with Crippen LogP contribution in [0, 0.1) is 11.8 Å². The minimum Gasteiger partial charge on any atom is -0.269 e. The van der Waals surface area contributed by atoms with Crippen molar-refractivity contribution in [3.05, 3.63) is 0 Å². The zero-order chi connectivity index (χ0) is 13.0. The molecule has 2 unspecified atom stereocenters. The van der Waals surface area contributed by atoms with Crippen molar-refractivity contribution >= 4 is 15.8 Å². The van der Waals surface area contributed by atoms with Gasteiger partial charge in [-0.15, -0.1) is 0 Å². The molecule has 4 nitrogen and oxygen atoms in total. The molecule has 0 aromatic carbocycles. The molecule has 0 amide bonds. The fourth-order valence-electron chi connectivity index (χ4n) is 3.23. The lowest BCUT2D eigenvalue weighted by Crippen LogP contribution is -2.31. The molecule has 0 N–H and O–H groups in total. The van der Waals surface area contributed by atoms with E-state index in [9.17, 15) is 8.42 Å². The van der Waals surface area contributed by atoms with E-state index < -0.39 is 10.1 Å². The Labute approximate surface area is 110 Å². The Hall–Kier alpha value is -0.580. The second kappa shape index (κ2) is 6.04. The van der Waals surface area contributed by atoms with Crippen molar-refractivity contribution in [2.24, 2.45) is 17.0 Å². The molecule has 0 aromatic heterocycles. The van der Waals surface area contributed by atoms with E-state index in [1.165, 1.54) is 25.7 Å². The van der Waals surface area contributed by atoms with E-state index in [0.29, 0.717) is 18.3 Å². The molecule has 2 aliphatic rings. The Morgan fingerprint density at radius 2 is 1.94 bits per heavy atom. The Morgan fingerprint density at radius 3 is 2.72 bits per heavy atom. The van der Waals surface area contributed by atoms with E-state index in [1.807, 2.05) is 6.92 Å². The van der Waals surface area contributed by atoms with E-state index in [-0.39, 0.29) is 5.75 Å². The first-order valence-electron chi connectivity index (χ1n) is 7.10. The molecular formula is C13H23NO3S. The summed E-state index contributed by atoms with van der Waals surface area (Å²) in [6.45, 7) is 1.83. The molecule has 2 rings (SSSR count). The maximum Gasteiger partial charge on any atom is 0.328 e. The number of oxime groups is 1. The van der Waals surface area contributed by atoms with Crippen LogP contribution in [-0.2, 0) is 14.4 Å². The highest BCUT2D eigenvalue weighted by molar-refractivity contribution is 7.86. The summed E-state index contributed by atoms with van der Waals surface area (Å²) in [5, 5.41) is 3.99. The van der Waals surface area contributed by atoms with Gasteiger partial charge < -0.3 is 0 Å². The van der Waals surface area contributed by atoms with Crippen LogP contribution in [0.5, 0.6) is 0 Å². The Bertz CT molecular complexity index is 400. The lowest BCUT2D eigenvalue weighted by atomic mass is 9.70. The third-order valence-corrected chi connectivity index (χ3v) is 5.28. The zero-order valence-electron chi connectivity index (χ0n) is 11.1. The summed E-state index contributed by atoms with van der Waals surface area (Å²) in [4.78, 5) is 0. The van der Waals surface area contributed by atoms with E-state index in [1.54, 1.807) is 0 Å². The monoisotopic (exact) mass is 273 g/mol. The number of hydrogen-bond acceptors (Lipinski definition) is 4. The average Bonchev–Trinajstić information content (AvgIpc) is 2.36. The molecule has 2 aliphatic carbocycles. The number of rotatable bonds is 4. The van der Waals surface area contributed by atoms with Gasteiger partial charge in [-0.25, -0.2) is 0 Å². The standard InChI is InChI=1S/C13H23NO3S/c1-2-10-18(15,16)17-14-13-9-5-7-11-6-3-4-8-12(11)13/h11-12H,2-10H2,1H3/b14-13+. The Morgan fingerprint density at radius 1 is 1.22 bits per heavy atom. The second-order valence-electron chi connectivity index (χ2n) is 5.46. The molecule has 2 atom stereocenters. The summed E-state index contributed by atoms with van der Waals surface area (Å²) in [5.41, 5.74) is 0.991. The second-order valence-corrected chi connectivity index (χ2v) is 7.13. The van der Waals surface area contributed by atoms with Crippen LogP contribution in [0.3, 0.4) is 0 Å². The van der Waals surface area contributed by atoms with Gasteiger partial charge in [0.1, 0.15) is 0 Å². The predicted octanol–water partition coefficient (Wildman–Crippen LogP) is 3.09. The van der Waals surface area contributed by atoms with Gasteiger partial charge in [0.15, 0.2) is 0 Å². The third-order valence-electron chi connectivity index (χ3n) is 4.07. The van der Waals surface area contributed by atoms with Crippen LogP contribution < -0.4 is 0 Å². The zero-order valence-corrected chi connectivity index (χ0v) is 11.9. The third kappa shape index (κ3) is 3.46. The van der Waals surface area contributed by atoms with Gasteiger partial charge in [-0.1, -0.05) is 24.9 Å². The molecule has 104 valence electrons. The highest BCUT2D eigenvalue weighted by Crippen LogP contribution is 2.39. The highest BCUT2D eigenvalue weighted by Gasteiger charge is 2.32. The van der Waals surface area contributed by atoms with Gasteiger partial charge in [-0.2, -0.15) is 8.42 Å². The predicted molar refractivity (Wildman–Crippen MR) is 71.9 cm³/mol. The van der Waals surface area contributed by atoms with Gasteiger partial charge >= 0.3 is 10.1 Å². The number of nitrogens with zero attached hydrogens (tertiary/aromatic N) is 1. The maximum absolute atomic E-state index is 11.5. The normalized spacial score (nSPS) is 31.1. The smallest absolute Gasteiger partial charge is 0.269 e. The summed E-state index contributed by atoms with van der Waals surface area (Å²) in [6.07, 6.45) is 8.84. The van der Waals surface area contributed by atoms with Crippen molar-refractivity contribution in [1.29, 1.82) is 0 Å². The minimum atomic E-state index is -3.46. The van der Waals surface area contributed by atoms with Crippen molar-refractivity contribution in [1.82, 2.24) is 0 Å². The van der Waals surface area contributed by atoms with Gasteiger partial charge in [0.2, 0.25) is 0 Å². The molecule has 5 heteroatoms. The van der Waals surface area contributed by atoms with Gasteiger partial charge in [0, 0.05) is 5.92 Å². The first kappa shape index (κ1) is 13.8. The SMILES string of the molecule is CCCS(=O)(=O)O/N=C1\CCCC2CCCCC12. The lowest BCUT2D eigenvalue weighted by Gasteiger charge is -2.35. The topological polar surface area (TPSA) is 55.7 Å². The molecule has 0 heterocycles. The van der Waals surface area contributed by atoms with Crippen LogP contribution in [0.15, 0.2) is 5.16 Å². The highest BCUT2D eigenvalue weighted by atomic mass is 32.2. The van der Waals surface area contributed by atoms with E-state index in [2.05, 4.69) is 5.16 Å². The first-order chi connectivity index (χ1) is 8.62. The fraction of sp³-hybridized carbons (Fsp3) is 0.923. The van der Waals surface area contributed by atoms with Gasteiger partial charge in [0.25, 0.3) is 0 Å². The van der Waals surface area contributed by atoms with E-state index in [0.717, 1.165) is 25.0 Å². The van der Waals surface area contributed by atoms with Crippen molar-refractivity contribution in [3.8, 4) is 0 Å². The first-order valence-corrected chi connectivity index (χ1v) is 8.68. The molecule has 2 saturated carbocycles. The molecule has 0 radical (unpaired) electrons. The Balaban J connectivity index is 2.02. The molecule has 0 aliphatic heterocycles. The fourth-order valence-corrected chi connectivity index (χ4v) is 4.01. The molecule has 0 bridgehead atoms. The van der Waals surface area contributed by atoms with Crippen LogP contribution in [-0.4, -0.2) is 19.9 Å². The number of hydrogen-bond donors (Lipinski definition) is 0. The summed E-state index contributed by atoms with van der Waals surface area (Å²) in [5.74, 6) is 1.24. The van der Waals surface area contributed by atoms with Crippen LogP contribution in [0.2, 0.25) is 0 Å². The van der Waals surface area contributed by atoms with Crippen molar-refractivity contribution in [3.63, 3.8) is 0 Å². The van der Waals surface area contributed by atoms with Crippen molar-refractivity contribution in [2.45, 2.75) is 58.3 Å². The van der Waals surface area contributed by atoms with Crippen molar-refractivity contribution in [2.75, 3.05) is 5.75 Å². The van der Waals surface area contributed by atoms with Gasteiger partial charge in [0.05, 0.1) is 11.5 Å². The van der Waals surface area contributed by atoms with Gasteiger partial charge in [-0.3, -0.25) is 4.28 Å². The van der Waals surface area contributed by atoms with Crippen LogP contribution in [0.25, 0.3) is 0 Å². The Kier molecular flexibility index (Phi) is 4.65. The average molecular weight is 273 g/mol. The van der Waals surface area contributed by atoms with E-state index >= 15 is 0 Å². The number of fused-ring (bicyclic) bond motifs is 1. The largest absolute Gasteiger partial charge is 0.328 e. The molecule has 0 aromatic rings. The van der Waals surface area contributed by atoms with Gasteiger partial charge in [-0.05, 0) is 44.4 Å². The quantitative estimate of drug-likeness (QED) is 0.740. The summed E-state index contributed by atoms with van der Waals surface area (Å²) < 4.78 is 27.8. The summed E-state index contributed by atoms with van der Waals surface area (Å²) in [6, 6.07) is 0. The van der Waals surface area contributed by atoms with Crippen LogP contribution >= 0.6 is 0 Å². The van der Waals surface area contributed by atoms with E-state index in [4.69, 9.17) is 4.28 Å². The molecule has 18 heavy (non-hydrogen) atoms. The molecular weight excluding hydrogens is 250 g/mol. The lowest BCUT2D eigenvalue weighted by molar-refractivity contribution is 0.249. The summed E-state index contributed by atoms with van der Waals surface area (Å²) >= 11 is 0.